The second-order valence-electron chi connectivity index (χ2n) is 4.97. The van der Waals surface area contributed by atoms with E-state index in [4.69, 9.17) is 5.11 Å². The minimum Gasteiger partial charge on any atom is -0.478 e. The zero-order valence-electron chi connectivity index (χ0n) is 12.1. The molecule has 1 unspecified atom stereocenters. The molecule has 2 aromatic rings. The van der Waals surface area contributed by atoms with Gasteiger partial charge in [-0.2, -0.15) is 0 Å². The number of aryl methyl sites for hydroxylation is 1. The predicted octanol–water partition coefficient (Wildman–Crippen LogP) is 2.09. The molecule has 1 aromatic carbocycles. The van der Waals surface area contributed by atoms with Gasteiger partial charge in [-0.25, -0.2) is 4.79 Å². The third kappa shape index (κ3) is 3.93. The molecule has 1 amide bonds. The minimum atomic E-state index is -1.07. The van der Waals surface area contributed by atoms with Gasteiger partial charge in [0.25, 0.3) is 5.91 Å². The van der Waals surface area contributed by atoms with Crippen molar-refractivity contribution < 1.29 is 19.8 Å². The van der Waals surface area contributed by atoms with Gasteiger partial charge in [-0.3, -0.25) is 4.79 Å². The number of nitrogens with one attached hydrogen (secondary N) is 1. The van der Waals surface area contributed by atoms with Crippen LogP contribution in [0.5, 0.6) is 0 Å². The van der Waals surface area contributed by atoms with Crippen molar-refractivity contribution in [3.05, 3.63) is 57.3 Å². The molecule has 1 atom stereocenters. The Hall–Kier alpha value is -2.18. The number of amides is 1. The van der Waals surface area contributed by atoms with Gasteiger partial charge < -0.3 is 15.5 Å². The van der Waals surface area contributed by atoms with E-state index in [2.05, 4.69) is 5.32 Å². The zero-order chi connectivity index (χ0) is 16.1. The van der Waals surface area contributed by atoms with E-state index in [1.165, 1.54) is 6.07 Å². The van der Waals surface area contributed by atoms with Crippen molar-refractivity contribution in [1.29, 1.82) is 0 Å². The highest BCUT2D eigenvalue weighted by molar-refractivity contribution is 7.09. The van der Waals surface area contributed by atoms with Gasteiger partial charge in [0.1, 0.15) is 0 Å². The number of hydrogen-bond acceptors (Lipinski definition) is 4. The first-order valence-electron chi connectivity index (χ1n) is 6.79. The smallest absolute Gasteiger partial charge is 0.335 e. The molecule has 5 nitrogen and oxygen atoms in total. The highest BCUT2D eigenvalue weighted by Crippen LogP contribution is 2.13. The Morgan fingerprint density at radius 1 is 1.32 bits per heavy atom. The van der Waals surface area contributed by atoms with Crippen LogP contribution in [0.15, 0.2) is 35.7 Å². The van der Waals surface area contributed by atoms with Crippen molar-refractivity contribution in [2.24, 2.45) is 0 Å². The molecule has 0 radical (unpaired) electrons. The third-order valence-corrected chi connectivity index (χ3v) is 4.21. The fourth-order valence-electron chi connectivity index (χ4n) is 2.10. The van der Waals surface area contributed by atoms with Crippen LogP contribution in [0.25, 0.3) is 0 Å². The summed E-state index contributed by atoms with van der Waals surface area (Å²) in [5.74, 6) is -1.46. The second-order valence-corrected chi connectivity index (χ2v) is 6.00. The SMILES string of the molecule is Cc1ccc(C(=O)NC(CO)Cc2cccs2)cc1C(=O)O. The molecule has 3 N–H and O–H groups in total. The molecule has 22 heavy (non-hydrogen) atoms. The van der Waals surface area contributed by atoms with E-state index in [9.17, 15) is 14.7 Å². The van der Waals surface area contributed by atoms with Crippen molar-refractivity contribution >= 4 is 23.2 Å². The van der Waals surface area contributed by atoms with E-state index in [0.717, 1.165) is 4.88 Å². The summed E-state index contributed by atoms with van der Waals surface area (Å²) in [6.45, 7) is 1.50. The number of rotatable bonds is 6. The van der Waals surface area contributed by atoms with Gasteiger partial charge in [0, 0.05) is 16.9 Å². The number of carboxylic acids is 1. The molecule has 2 rings (SSSR count). The van der Waals surface area contributed by atoms with Gasteiger partial charge in [0.05, 0.1) is 18.2 Å². The summed E-state index contributed by atoms with van der Waals surface area (Å²) >= 11 is 1.56. The Morgan fingerprint density at radius 3 is 2.68 bits per heavy atom. The van der Waals surface area contributed by atoms with Gasteiger partial charge in [-0.05, 0) is 36.1 Å². The minimum absolute atomic E-state index is 0.103. The fraction of sp³-hybridized carbons (Fsp3) is 0.250. The Morgan fingerprint density at radius 2 is 2.09 bits per heavy atom. The lowest BCUT2D eigenvalue weighted by Crippen LogP contribution is -2.39. The number of aliphatic hydroxyl groups is 1. The van der Waals surface area contributed by atoms with E-state index >= 15 is 0 Å². The Kier molecular flexibility index (Phi) is 5.30. The first-order chi connectivity index (χ1) is 10.5. The number of carbonyl (C=O) groups excluding carboxylic acids is 1. The summed E-state index contributed by atoms with van der Waals surface area (Å²) in [6, 6.07) is 7.98. The largest absolute Gasteiger partial charge is 0.478 e. The van der Waals surface area contributed by atoms with Crippen molar-refractivity contribution in [3.8, 4) is 0 Å². The van der Waals surface area contributed by atoms with Gasteiger partial charge in [0.2, 0.25) is 0 Å². The summed E-state index contributed by atoms with van der Waals surface area (Å²) in [6.07, 6.45) is 0.539. The lowest BCUT2D eigenvalue weighted by molar-refractivity contribution is 0.0696. The first kappa shape index (κ1) is 16.2. The zero-order valence-corrected chi connectivity index (χ0v) is 12.9. The van der Waals surface area contributed by atoms with E-state index in [1.807, 2.05) is 17.5 Å². The first-order valence-corrected chi connectivity index (χ1v) is 7.67. The van der Waals surface area contributed by atoms with Crippen LogP contribution in [-0.2, 0) is 6.42 Å². The summed E-state index contributed by atoms with van der Waals surface area (Å²) in [5.41, 5.74) is 0.973. The quantitative estimate of drug-likeness (QED) is 0.761. The van der Waals surface area contributed by atoms with Gasteiger partial charge in [-0.15, -0.1) is 11.3 Å². The van der Waals surface area contributed by atoms with Crippen LogP contribution < -0.4 is 5.32 Å². The Balaban J connectivity index is 2.10. The fourth-order valence-corrected chi connectivity index (χ4v) is 2.88. The van der Waals surface area contributed by atoms with Crippen molar-refractivity contribution in [3.63, 3.8) is 0 Å². The molecule has 0 aliphatic rings. The second kappa shape index (κ2) is 7.20. The molecule has 6 heteroatoms. The molecule has 0 fully saturated rings. The number of carbonyl (C=O) groups is 2. The molecule has 116 valence electrons. The van der Waals surface area contributed by atoms with Gasteiger partial charge in [0.15, 0.2) is 0 Å². The van der Waals surface area contributed by atoms with E-state index < -0.39 is 17.9 Å². The standard InChI is InChI=1S/C16H17NO4S/c1-10-4-5-11(7-14(10)16(20)21)15(19)17-12(9-18)8-13-3-2-6-22-13/h2-7,12,18H,8-9H2,1H3,(H,17,19)(H,20,21). The number of thiophene rings is 1. The maximum absolute atomic E-state index is 12.2. The molecule has 0 saturated carbocycles. The summed E-state index contributed by atoms with van der Waals surface area (Å²) in [4.78, 5) is 24.4. The highest BCUT2D eigenvalue weighted by Gasteiger charge is 2.16. The van der Waals surface area contributed by atoms with Crippen LogP contribution in [0.3, 0.4) is 0 Å². The lowest BCUT2D eigenvalue weighted by atomic mass is 10.0. The number of carboxylic acid groups (broad SMARTS) is 1. The van der Waals surface area contributed by atoms with Crippen LogP contribution in [0.4, 0.5) is 0 Å². The maximum atomic E-state index is 12.2. The number of aromatic carboxylic acids is 1. The number of hydrogen-bond donors (Lipinski definition) is 3. The lowest BCUT2D eigenvalue weighted by Gasteiger charge is -2.16. The van der Waals surface area contributed by atoms with Crippen LogP contribution in [0.1, 0.15) is 31.2 Å². The Bertz CT molecular complexity index is 667. The monoisotopic (exact) mass is 319 g/mol. The van der Waals surface area contributed by atoms with Crippen LogP contribution in [-0.4, -0.2) is 34.7 Å². The third-order valence-electron chi connectivity index (χ3n) is 3.31. The molecule has 0 aliphatic carbocycles. The predicted molar refractivity (Wildman–Crippen MR) is 84.5 cm³/mol. The van der Waals surface area contributed by atoms with E-state index in [-0.39, 0.29) is 17.7 Å². The van der Waals surface area contributed by atoms with Gasteiger partial charge >= 0.3 is 5.97 Å². The normalized spacial score (nSPS) is 11.9. The van der Waals surface area contributed by atoms with Crippen molar-refractivity contribution in [1.82, 2.24) is 5.32 Å². The molecule has 1 aromatic heterocycles. The number of aliphatic hydroxyl groups excluding tert-OH is 1. The molecule has 0 aliphatic heterocycles. The van der Waals surface area contributed by atoms with Crippen molar-refractivity contribution in [2.45, 2.75) is 19.4 Å². The summed E-state index contributed by atoms with van der Waals surface area (Å²) in [7, 11) is 0. The van der Waals surface area contributed by atoms with Crippen LogP contribution in [0, 0.1) is 6.92 Å². The summed E-state index contributed by atoms with van der Waals surface area (Å²) < 4.78 is 0. The highest BCUT2D eigenvalue weighted by atomic mass is 32.1. The van der Waals surface area contributed by atoms with E-state index in [0.29, 0.717) is 12.0 Å². The molecule has 0 bridgehead atoms. The molecule has 1 heterocycles. The average Bonchev–Trinajstić information content (AvgIpc) is 2.99. The van der Waals surface area contributed by atoms with Crippen LogP contribution >= 0.6 is 11.3 Å². The summed E-state index contributed by atoms with van der Waals surface area (Å²) in [5, 5.41) is 23.2. The van der Waals surface area contributed by atoms with Crippen LogP contribution in [0.2, 0.25) is 0 Å². The molecule has 0 spiro atoms. The van der Waals surface area contributed by atoms with E-state index in [1.54, 1.807) is 30.4 Å². The van der Waals surface area contributed by atoms with Gasteiger partial charge in [-0.1, -0.05) is 12.1 Å². The maximum Gasteiger partial charge on any atom is 0.335 e. The Labute approximate surface area is 132 Å². The molecular weight excluding hydrogens is 302 g/mol. The topological polar surface area (TPSA) is 86.6 Å². The number of benzene rings is 1. The molecular formula is C16H17NO4S. The molecule has 0 saturated heterocycles. The van der Waals surface area contributed by atoms with Crippen molar-refractivity contribution in [2.75, 3.05) is 6.61 Å². The average molecular weight is 319 g/mol.